The lowest BCUT2D eigenvalue weighted by molar-refractivity contribution is -0.229. The molecular weight excluding hydrogens is 415 g/mol. The van der Waals surface area contributed by atoms with E-state index in [9.17, 15) is 4.79 Å². The molecule has 2 aliphatic rings. The van der Waals surface area contributed by atoms with Crippen LogP contribution in [0.2, 0.25) is 18.1 Å². The highest BCUT2D eigenvalue weighted by molar-refractivity contribution is 14.1. The quantitative estimate of drug-likeness (QED) is 0.292. The zero-order valence-electron chi connectivity index (χ0n) is 14.0. The van der Waals surface area contributed by atoms with Crippen LogP contribution in [-0.2, 0) is 23.4 Å². The fourth-order valence-electron chi connectivity index (χ4n) is 2.30. The Morgan fingerprint density at radius 1 is 1.32 bits per heavy atom. The van der Waals surface area contributed by atoms with Gasteiger partial charge in [-0.1, -0.05) is 43.4 Å². The highest BCUT2D eigenvalue weighted by Crippen LogP contribution is 2.41. The number of rotatable bonds is 3. The van der Waals surface area contributed by atoms with Crippen molar-refractivity contribution in [3.05, 3.63) is 12.2 Å². The Morgan fingerprint density at radius 2 is 1.95 bits per heavy atom. The molecule has 0 aromatic heterocycles. The van der Waals surface area contributed by atoms with E-state index in [1.165, 1.54) is 6.08 Å². The van der Waals surface area contributed by atoms with E-state index in [0.717, 1.165) is 0 Å². The SMILES string of the molecule is CO[C@@H]1O[C@@H]2C=CC(=O)O[C@@H]2[C@H](O[Si](C)(C)C(C)(C)C)[C@H]1I. The van der Waals surface area contributed by atoms with E-state index >= 15 is 0 Å². The molecule has 1 saturated heterocycles. The van der Waals surface area contributed by atoms with Crippen molar-refractivity contribution in [2.75, 3.05) is 7.11 Å². The Balaban J connectivity index is 2.28. The molecule has 1 fully saturated rings. The van der Waals surface area contributed by atoms with E-state index in [4.69, 9.17) is 18.6 Å². The largest absolute Gasteiger partial charge is 0.453 e. The molecule has 0 bridgehead atoms. The zero-order chi connectivity index (χ0) is 16.7. The molecule has 0 amide bonds. The Labute approximate surface area is 147 Å². The van der Waals surface area contributed by atoms with Crippen LogP contribution in [-0.4, -0.2) is 49.9 Å². The molecule has 0 radical (unpaired) electrons. The number of halogens is 1. The summed E-state index contributed by atoms with van der Waals surface area (Å²) < 4.78 is 23.3. The first-order chi connectivity index (χ1) is 10.1. The molecule has 5 nitrogen and oxygen atoms in total. The molecular formula is C15H25IO5Si. The van der Waals surface area contributed by atoms with Crippen LogP contribution in [0.25, 0.3) is 0 Å². The summed E-state index contributed by atoms with van der Waals surface area (Å²) in [7, 11) is -0.383. The van der Waals surface area contributed by atoms with Crippen LogP contribution < -0.4 is 0 Å². The van der Waals surface area contributed by atoms with Gasteiger partial charge in [0, 0.05) is 13.2 Å². The molecule has 0 saturated carbocycles. The van der Waals surface area contributed by atoms with E-state index in [1.807, 2.05) is 0 Å². The van der Waals surface area contributed by atoms with Crippen molar-refractivity contribution in [2.45, 2.75) is 67.4 Å². The Bertz CT molecular complexity index is 459. The molecule has 5 atom stereocenters. The summed E-state index contributed by atoms with van der Waals surface area (Å²) in [5.74, 6) is -0.340. The van der Waals surface area contributed by atoms with Crippen molar-refractivity contribution in [2.24, 2.45) is 0 Å². The summed E-state index contributed by atoms with van der Waals surface area (Å²) in [6, 6.07) is 0. The number of methoxy groups -OCH3 is 1. The average molecular weight is 440 g/mol. The van der Waals surface area contributed by atoms with Gasteiger partial charge in [-0.05, 0) is 24.2 Å². The van der Waals surface area contributed by atoms with E-state index in [-0.39, 0.29) is 33.4 Å². The third-order valence-corrected chi connectivity index (χ3v) is 10.4. The monoisotopic (exact) mass is 440 g/mol. The molecule has 0 aliphatic carbocycles. The van der Waals surface area contributed by atoms with Crippen molar-refractivity contribution in [3.63, 3.8) is 0 Å². The first-order valence-electron chi connectivity index (χ1n) is 7.46. The fraction of sp³-hybridized carbons (Fsp3) is 0.800. The van der Waals surface area contributed by atoms with Crippen LogP contribution in [0.1, 0.15) is 20.8 Å². The van der Waals surface area contributed by atoms with Crippen molar-refractivity contribution < 1.29 is 23.4 Å². The minimum atomic E-state index is -2.01. The maximum absolute atomic E-state index is 11.6. The number of carbonyl (C=O) groups excluding carboxylic acids is 1. The fourth-order valence-corrected chi connectivity index (χ4v) is 4.91. The van der Waals surface area contributed by atoms with Gasteiger partial charge in [-0.2, -0.15) is 0 Å². The summed E-state index contributed by atoms with van der Waals surface area (Å²) in [4.78, 5) is 11.6. The smallest absolute Gasteiger partial charge is 0.330 e. The maximum atomic E-state index is 11.6. The number of fused-ring (bicyclic) bond motifs is 1. The van der Waals surface area contributed by atoms with Gasteiger partial charge in [0.1, 0.15) is 12.2 Å². The minimum absolute atomic E-state index is 0.0442. The van der Waals surface area contributed by atoms with Crippen molar-refractivity contribution in [1.29, 1.82) is 0 Å². The molecule has 0 spiro atoms. The first kappa shape index (κ1) is 18.4. The third kappa shape index (κ3) is 3.58. The Kier molecular flexibility index (Phi) is 5.43. The number of hydrogen-bond donors (Lipinski definition) is 0. The second kappa shape index (κ2) is 6.50. The zero-order valence-corrected chi connectivity index (χ0v) is 17.1. The molecule has 7 heteroatoms. The second-order valence-corrected chi connectivity index (χ2v) is 13.4. The van der Waals surface area contributed by atoms with Crippen LogP contribution >= 0.6 is 22.6 Å². The minimum Gasteiger partial charge on any atom is -0.453 e. The summed E-state index contributed by atoms with van der Waals surface area (Å²) >= 11 is 2.28. The summed E-state index contributed by atoms with van der Waals surface area (Å²) in [5, 5.41) is 0.0776. The molecule has 0 N–H and O–H groups in total. The van der Waals surface area contributed by atoms with Crippen LogP contribution in [0.4, 0.5) is 0 Å². The van der Waals surface area contributed by atoms with E-state index < -0.39 is 14.4 Å². The lowest BCUT2D eigenvalue weighted by Gasteiger charge is -2.48. The molecule has 2 aliphatic heterocycles. The van der Waals surface area contributed by atoms with Crippen LogP contribution in [0.15, 0.2) is 12.2 Å². The molecule has 22 heavy (non-hydrogen) atoms. The van der Waals surface area contributed by atoms with Crippen LogP contribution in [0.3, 0.4) is 0 Å². The maximum Gasteiger partial charge on any atom is 0.330 e. The highest BCUT2D eigenvalue weighted by atomic mass is 127. The number of hydrogen-bond acceptors (Lipinski definition) is 5. The second-order valence-electron chi connectivity index (χ2n) is 7.25. The predicted molar refractivity (Wildman–Crippen MR) is 94.6 cm³/mol. The van der Waals surface area contributed by atoms with Crippen molar-refractivity contribution in [1.82, 2.24) is 0 Å². The Morgan fingerprint density at radius 3 is 2.50 bits per heavy atom. The van der Waals surface area contributed by atoms with E-state index in [2.05, 4.69) is 56.5 Å². The third-order valence-electron chi connectivity index (χ3n) is 4.66. The highest BCUT2D eigenvalue weighted by Gasteiger charge is 2.51. The van der Waals surface area contributed by atoms with Gasteiger partial charge in [-0.3, -0.25) is 0 Å². The van der Waals surface area contributed by atoms with E-state index in [0.29, 0.717) is 0 Å². The van der Waals surface area contributed by atoms with Gasteiger partial charge in [-0.25, -0.2) is 4.79 Å². The number of ether oxygens (including phenoxy) is 3. The van der Waals surface area contributed by atoms with Gasteiger partial charge >= 0.3 is 5.97 Å². The van der Waals surface area contributed by atoms with Gasteiger partial charge in [-0.15, -0.1) is 0 Å². The van der Waals surface area contributed by atoms with Gasteiger partial charge in [0.05, 0.1) is 3.92 Å². The van der Waals surface area contributed by atoms with Crippen molar-refractivity contribution in [3.8, 4) is 0 Å². The normalized spacial score (nSPS) is 36.0. The van der Waals surface area contributed by atoms with Crippen LogP contribution in [0.5, 0.6) is 0 Å². The summed E-state index contributed by atoms with van der Waals surface area (Å²) in [5.41, 5.74) is 0. The molecule has 0 unspecified atom stereocenters. The van der Waals surface area contributed by atoms with Gasteiger partial charge in [0.15, 0.2) is 20.7 Å². The topological polar surface area (TPSA) is 54.0 Å². The molecule has 2 rings (SSSR count). The lowest BCUT2D eigenvalue weighted by Crippen LogP contribution is -2.61. The van der Waals surface area contributed by atoms with Gasteiger partial charge < -0.3 is 18.6 Å². The van der Waals surface area contributed by atoms with Crippen molar-refractivity contribution >= 4 is 36.9 Å². The summed E-state index contributed by atoms with van der Waals surface area (Å²) in [6.07, 6.45) is 1.80. The summed E-state index contributed by atoms with van der Waals surface area (Å²) in [6.45, 7) is 11.0. The molecule has 0 aromatic carbocycles. The average Bonchev–Trinajstić information content (AvgIpc) is 2.40. The van der Waals surface area contributed by atoms with Gasteiger partial charge in [0.2, 0.25) is 0 Å². The number of carbonyl (C=O) groups is 1. The predicted octanol–water partition coefficient (Wildman–Crippen LogP) is 3.03. The Hall–Kier alpha value is 0.0369. The standard InChI is InChI=1S/C15H25IO5Si/c1-15(2,3)22(5,6)21-13-11(16)14(18-4)19-9-7-8-10(17)20-12(9)13/h7-9,11-14H,1-6H3/t9-,11-,12+,13-,14-/m1/s1. The number of esters is 1. The first-order valence-corrected chi connectivity index (χ1v) is 11.6. The van der Waals surface area contributed by atoms with Gasteiger partial charge in [0.25, 0.3) is 0 Å². The number of alkyl halides is 1. The molecule has 0 aromatic rings. The van der Waals surface area contributed by atoms with Crippen LogP contribution in [0, 0.1) is 0 Å². The van der Waals surface area contributed by atoms with E-state index in [1.54, 1.807) is 13.2 Å². The molecule has 2 heterocycles. The lowest BCUT2D eigenvalue weighted by atomic mass is 9.99. The molecule has 126 valence electrons.